The first-order valence-electron chi connectivity index (χ1n) is 8.29. The van der Waals surface area contributed by atoms with Gasteiger partial charge in [0.05, 0.1) is 24.4 Å². The Kier molecular flexibility index (Phi) is 6.17. The van der Waals surface area contributed by atoms with Gasteiger partial charge in [0.25, 0.3) is 5.91 Å². The van der Waals surface area contributed by atoms with Crippen molar-refractivity contribution in [2.24, 2.45) is 0 Å². The number of hydrogen-bond donors (Lipinski definition) is 0. The van der Waals surface area contributed by atoms with Gasteiger partial charge < -0.3 is 14.4 Å². The minimum Gasteiger partial charge on any atom is -0.494 e. The van der Waals surface area contributed by atoms with Crippen LogP contribution in [0.1, 0.15) is 26.3 Å². The third-order valence-electron chi connectivity index (χ3n) is 3.80. The monoisotopic (exact) mass is 341 g/mol. The van der Waals surface area contributed by atoms with E-state index in [9.17, 15) is 9.59 Å². The number of nitrogens with zero attached hydrogens (tertiary/aromatic N) is 1. The number of benzene rings is 1. The summed E-state index contributed by atoms with van der Waals surface area (Å²) >= 11 is 0. The van der Waals surface area contributed by atoms with Gasteiger partial charge in [0.2, 0.25) is 0 Å². The maximum absolute atomic E-state index is 12.7. The van der Waals surface area contributed by atoms with Crippen LogP contribution in [0, 0.1) is 0 Å². The summed E-state index contributed by atoms with van der Waals surface area (Å²) in [7, 11) is 0. The predicted molar refractivity (Wildman–Crippen MR) is 96.8 cm³/mol. The summed E-state index contributed by atoms with van der Waals surface area (Å²) in [4.78, 5) is 26.6. The first kappa shape index (κ1) is 18.5. The molecular weight excluding hydrogens is 318 g/mol. The molecule has 0 aliphatic carbocycles. The third kappa shape index (κ3) is 3.99. The van der Waals surface area contributed by atoms with Crippen LogP contribution in [-0.4, -0.2) is 36.5 Å². The summed E-state index contributed by atoms with van der Waals surface area (Å²) < 4.78 is 10.5. The second-order valence-electron chi connectivity index (χ2n) is 5.45. The van der Waals surface area contributed by atoms with E-state index in [2.05, 4.69) is 6.58 Å². The van der Waals surface area contributed by atoms with Gasteiger partial charge >= 0.3 is 5.97 Å². The van der Waals surface area contributed by atoms with E-state index in [1.165, 1.54) is 4.90 Å². The van der Waals surface area contributed by atoms with E-state index in [-0.39, 0.29) is 12.5 Å². The molecular formula is C20H23NO4. The van der Waals surface area contributed by atoms with Crippen LogP contribution < -0.4 is 4.74 Å². The molecule has 0 saturated heterocycles. The van der Waals surface area contributed by atoms with Gasteiger partial charge in [-0.05, 0) is 44.5 Å². The van der Waals surface area contributed by atoms with Crippen LogP contribution in [0.2, 0.25) is 0 Å². The van der Waals surface area contributed by atoms with Gasteiger partial charge in [-0.1, -0.05) is 18.2 Å². The Balaban J connectivity index is 2.42. The Morgan fingerprint density at radius 3 is 2.44 bits per heavy atom. The van der Waals surface area contributed by atoms with Gasteiger partial charge in [-0.25, -0.2) is 4.79 Å². The van der Waals surface area contributed by atoms with E-state index in [4.69, 9.17) is 9.47 Å². The molecule has 1 aromatic rings. The lowest BCUT2D eigenvalue weighted by Gasteiger charge is -2.14. The maximum atomic E-state index is 12.7. The van der Waals surface area contributed by atoms with Gasteiger partial charge in [0.1, 0.15) is 5.75 Å². The Labute approximate surface area is 148 Å². The molecule has 132 valence electrons. The number of amides is 1. The Morgan fingerprint density at radius 2 is 1.88 bits per heavy atom. The SMILES string of the molecule is C=CCN1C(=O)/C(=C\c2ccc(OCC)cc2)C(C(=O)OCC)=C1C. The fraction of sp³-hybridized carbons (Fsp3) is 0.300. The van der Waals surface area contributed by atoms with Crippen molar-refractivity contribution in [3.05, 3.63) is 59.3 Å². The van der Waals surface area contributed by atoms with Gasteiger partial charge in [-0.15, -0.1) is 6.58 Å². The molecule has 0 atom stereocenters. The zero-order chi connectivity index (χ0) is 18.4. The summed E-state index contributed by atoms with van der Waals surface area (Å²) in [5, 5.41) is 0. The molecule has 0 spiro atoms. The molecule has 1 aromatic carbocycles. The van der Waals surface area contributed by atoms with E-state index in [1.54, 1.807) is 26.0 Å². The van der Waals surface area contributed by atoms with Crippen molar-refractivity contribution in [3.8, 4) is 5.75 Å². The van der Waals surface area contributed by atoms with Crippen LogP contribution in [0.25, 0.3) is 6.08 Å². The number of ether oxygens (including phenoxy) is 2. The van der Waals surface area contributed by atoms with Gasteiger partial charge in [0, 0.05) is 12.2 Å². The minimum atomic E-state index is -0.489. The molecule has 1 amide bonds. The number of carbonyl (C=O) groups is 2. The van der Waals surface area contributed by atoms with Gasteiger partial charge in [-0.3, -0.25) is 4.79 Å². The first-order chi connectivity index (χ1) is 12.0. The summed E-state index contributed by atoms with van der Waals surface area (Å²) in [5.41, 5.74) is 2.03. The van der Waals surface area contributed by atoms with Gasteiger partial charge in [0.15, 0.2) is 0 Å². The molecule has 0 N–H and O–H groups in total. The number of carbonyl (C=O) groups excluding carboxylic acids is 2. The van der Waals surface area contributed by atoms with Crippen molar-refractivity contribution < 1.29 is 19.1 Å². The maximum Gasteiger partial charge on any atom is 0.340 e. The summed E-state index contributed by atoms with van der Waals surface area (Å²) in [5.74, 6) is 0.0412. The van der Waals surface area contributed by atoms with Crippen molar-refractivity contribution in [2.75, 3.05) is 19.8 Å². The van der Waals surface area contributed by atoms with Gasteiger partial charge in [-0.2, -0.15) is 0 Å². The largest absolute Gasteiger partial charge is 0.494 e. The Morgan fingerprint density at radius 1 is 1.20 bits per heavy atom. The highest BCUT2D eigenvalue weighted by molar-refractivity contribution is 6.16. The summed E-state index contributed by atoms with van der Waals surface area (Å²) in [6.45, 7) is 10.2. The van der Waals surface area contributed by atoms with E-state index >= 15 is 0 Å². The van der Waals surface area contributed by atoms with E-state index < -0.39 is 5.97 Å². The Bertz CT molecular complexity index is 729. The standard InChI is InChI=1S/C20H23NO4/c1-5-12-21-14(4)18(20(23)25-7-3)17(19(21)22)13-15-8-10-16(11-9-15)24-6-2/h5,8-11,13H,1,6-7,12H2,2-4H3/b17-13-. The summed E-state index contributed by atoms with van der Waals surface area (Å²) in [6, 6.07) is 7.36. The third-order valence-corrected chi connectivity index (χ3v) is 3.80. The second-order valence-corrected chi connectivity index (χ2v) is 5.45. The molecule has 1 heterocycles. The molecule has 0 unspecified atom stereocenters. The smallest absolute Gasteiger partial charge is 0.340 e. The quantitative estimate of drug-likeness (QED) is 0.434. The van der Waals surface area contributed by atoms with E-state index in [0.29, 0.717) is 30.0 Å². The zero-order valence-corrected chi connectivity index (χ0v) is 14.9. The molecule has 0 aromatic heterocycles. The van der Waals surface area contributed by atoms with Crippen LogP contribution >= 0.6 is 0 Å². The lowest BCUT2D eigenvalue weighted by Crippen LogP contribution is -2.24. The number of hydrogen-bond acceptors (Lipinski definition) is 4. The molecule has 1 aliphatic rings. The van der Waals surface area contributed by atoms with Crippen molar-refractivity contribution in [3.63, 3.8) is 0 Å². The highest BCUT2D eigenvalue weighted by atomic mass is 16.5. The van der Waals surface area contributed by atoms with E-state index in [1.807, 2.05) is 31.2 Å². The van der Waals surface area contributed by atoms with Crippen LogP contribution in [0.5, 0.6) is 5.75 Å². The number of allylic oxidation sites excluding steroid dienone is 1. The average Bonchev–Trinajstić information content (AvgIpc) is 2.82. The van der Waals surface area contributed by atoms with Crippen molar-refractivity contribution in [2.45, 2.75) is 20.8 Å². The zero-order valence-electron chi connectivity index (χ0n) is 14.9. The molecule has 2 rings (SSSR count). The highest BCUT2D eigenvalue weighted by Gasteiger charge is 2.36. The van der Waals surface area contributed by atoms with Crippen LogP contribution in [0.15, 0.2) is 53.8 Å². The second kappa shape index (κ2) is 8.33. The Hall–Kier alpha value is -2.82. The first-order valence-corrected chi connectivity index (χ1v) is 8.29. The fourth-order valence-corrected chi connectivity index (χ4v) is 2.67. The van der Waals surface area contributed by atoms with Crippen molar-refractivity contribution in [1.82, 2.24) is 4.90 Å². The fourth-order valence-electron chi connectivity index (χ4n) is 2.67. The predicted octanol–water partition coefficient (Wildman–Crippen LogP) is 3.33. The van der Waals surface area contributed by atoms with Crippen molar-refractivity contribution >= 4 is 18.0 Å². The molecule has 5 heteroatoms. The number of esters is 1. The highest BCUT2D eigenvalue weighted by Crippen LogP contribution is 2.31. The number of rotatable bonds is 7. The summed E-state index contributed by atoms with van der Waals surface area (Å²) in [6.07, 6.45) is 3.33. The van der Waals surface area contributed by atoms with Crippen LogP contribution in [0.4, 0.5) is 0 Å². The minimum absolute atomic E-state index is 0.227. The molecule has 0 saturated carbocycles. The van der Waals surface area contributed by atoms with E-state index in [0.717, 1.165) is 11.3 Å². The molecule has 0 radical (unpaired) electrons. The van der Waals surface area contributed by atoms with Crippen LogP contribution in [0.3, 0.4) is 0 Å². The molecule has 5 nitrogen and oxygen atoms in total. The van der Waals surface area contributed by atoms with Crippen molar-refractivity contribution in [1.29, 1.82) is 0 Å². The average molecular weight is 341 g/mol. The lowest BCUT2D eigenvalue weighted by molar-refractivity contribution is -0.138. The van der Waals surface area contributed by atoms with Crippen LogP contribution in [-0.2, 0) is 14.3 Å². The molecule has 0 fully saturated rings. The lowest BCUT2D eigenvalue weighted by atomic mass is 10.0. The normalized spacial score (nSPS) is 15.7. The molecule has 1 aliphatic heterocycles. The topological polar surface area (TPSA) is 55.8 Å². The molecule has 0 bridgehead atoms. The molecule has 25 heavy (non-hydrogen) atoms.